The van der Waals surface area contributed by atoms with E-state index in [1.165, 1.54) is 12.8 Å². The lowest BCUT2D eigenvalue weighted by atomic mass is 10.0. The summed E-state index contributed by atoms with van der Waals surface area (Å²) >= 11 is 0. The molecule has 3 N–H and O–H groups in total. The van der Waals surface area contributed by atoms with E-state index in [4.69, 9.17) is 0 Å². The van der Waals surface area contributed by atoms with Crippen LogP contribution in [0.3, 0.4) is 0 Å². The number of anilines is 1. The highest BCUT2D eigenvalue weighted by atomic mass is 16.2. The van der Waals surface area contributed by atoms with Crippen molar-refractivity contribution in [3.63, 3.8) is 0 Å². The number of likely N-dealkylation sites (tertiary alicyclic amines) is 1. The number of nitrogens with one attached hydrogen (secondary N) is 3. The molecule has 0 spiro atoms. The van der Waals surface area contributed by atoms with E-state index < -0.39 is 0 Å². The molecule has 6 heteroatoms. The maximum absolute atomic E-state index is 12.2. The van der Waals surface area contributed by atoms with E-state index in [9.17, 15) is 9.59 Å². The molecule has 2 amide bonds. The Kier molecular flexibility index (Phi) is 7.03. The Bertz CT molecular complexity index is 590. The van der Waals surface area contributed by atoms with Crippen LogP contribution < -0.4 is 16.0 Å². The highest BCUT2D eigenvalue weighted by Crippen LogP contribution is 2.16. The molecule has 2 aliphatic rings. The fourth-order valence-corrected chi connectivity index (χ4v) is 3.66. The molecule has 0 bridgehead atoms. The summed E-state index contributed by atoms with van der Waals surface area (Å²) in [5.41, 5.74) is 1.37. The number of rotatable bonds is 8. The molecule has 1 unspecified atom stereocenters. The molecular weight excluding hydrogens is 328 g/mol. The van der Waals surface area contributed by atoms with Crippen LogP contribution in [0.1, 0.15) is 42.5 Å². The molecule has 2 heterocycles. The minimum atomic E-state index is -0.0594. The first-order valence-electron chi connectivity index (χ1n) is 9.82. The van der Waals surface area contributed by atoms with E-state index in [0.717, 1.165) is 51.3 Å². The molecule has 0 aliphatic carbocycles. The molecule has 6 nitrogen and oxygen atoms in total. The number of hydrogen-bond acceptors (Lipinski definition) is 4. The van der Waals surface area contributed by atoms with Crippen LogP contribution in [0, 0.1) is 5.92 Å². The summed E-state index contributed by atoms with van der Waals surface area (Å²) in [6.45, 7) is 5.95. The van der Waals surface area contributed by atoms with Gasteiger partial charge in [0, 0.05) is 30.8 Å². The van der Waals surface area contributed by atoms with E-state index in [0.29, 0.717) is 24.4 Å². The number of hydrogen-bond donors (Lipinski definition) is 3. The molecule has 142 valence electrons. The van der Waals surface area contributed by atoms with Gasteiger partial charge in [-0.05, 0) is 82.0 Å². The summed E-state index contributed by atoms with van der Waals surface area (Å²) in [6.07, 6.45) is 5.16. The Morgan fingerprint density at radius 3 is 2.62 bits per heavy atom. The van der Waals surface area contributed by atoms with Crippen LogP contribution >= 0.6 is 0 Å². The molecule has 2 saturated heterocycles. The Morgan fingerprint density at radius 2 is 1.92 bits per heavy atom. The molecule has 1 aromatic rings. The summed E-state index contributed by atoms with van der Waals surface area (Å²) in [6, 6.07) is 7.12. The van der Waals surface area contributed by atoms with Crippen molar-refractivity contribution in [2.45, 2.75) is 32.1 Å². The van der Waals surface area contributed by atoms with Crippen molar-refractivity contribution in [3.8, 4) is 0 Å². The molecule has 0 aromatic heterocycles. The van der Waals surface area contributed by atoms with Crippen molar-refractivity contribution in [3.05, 3.63) is 29.8 Å². The van der Waals surface area contributed by atoms with Crippen LogP contribution in [0.4, 0.5) is 5.69 Å². The van der Waals surface area contributed by atoms with Crippen LogP contribution in [-0.4, -0.2) is 56.0 Å². The van der Waals surface area contributed by atoms with Crippen molar-refractivity contribution in [2.24, 2.45) is 5.92 Å². The van der Waals surface area contributed by atoms with Gasteiger partial charge in [0.1, 0.15) is 0 Å². The predicted molar refractivity (Wildman–Crippen MR) is 103 cm³/mol. The Labute approximate surface area is 155 Å². The first-order chi connectivity index (χ1) is 12.7. The van der Waals surface area contributed by atoms with Gasteiger partial charge in [-0.25, -0.2) is 0 Å². The molecule has 1 atom stereocenters. The van der Waals surface area contributed by atoms with E-state index in [1.54, 1.807) is 24.3 Å². The highest BCUT2D eigenvalue weighted by Gasteiger charge is 2.16. The van der Waals surface area contributed by atoms with Crippen LogP contribution in [0.25, 0.3) is 0 Å². The monoisotopic (exact) mass is 358 g/mol. The van der Waals surface area contributed by atoms with Gasteiger partial charge in [0.2, 0.25) is 5.91 Å². The van der Waals surface area contributed by atoms with E-state index >= 15 is 0 Å². The summed E-state index contributed by atoms with van der Waals surface area (Å²) in [7, 11) is 0. The van der Waals surface area contributed by atoms with Crippen LogP contribution in [0.2, 0.25) is 0 Å². The number of nitrogens with zero attached hydrogens (tertiary/aromatic N) is 1. The van der Waals surface area contributed by atoms with Gasteiger partial charge in [0.05, 0.1) is 0 Å². The van der Waals surface area contributed by atoms with Crippen molar-refractivity contribution in [1.29, 1.82) is 0 Å². The zero-order valence-corrected chi connectivity index (χ0v) is 15.4. The smallest absolute Gasteiger partial charge is 0.251 e. The molecule has 1 aromatic carbocycles. The Hall–Kier alpha value is -1.92. The zero-order valence-electron chi connectivity index (χ0n) is 15.4. The summed E-state index contributed by atoms with van der Waals surface area (Å²) in [4.78, 5) is 26.6. The van der Waals surface area contributed by atoms with E-state index in [2.05, 4.69) is 20.9 Å². The van der Waals surface area contributed by atoms with Gasteiger partial charge in [-0.1, -0.05) is 0 Å². The quantitative estimate of drug-likeness (QED) is 0.663. The molecule has 0 saturated carbocycles. The van der Waals surface area contributed by atoms with E-state index in [1.807, 2.05) is 0 Å². The Morgan fingerprint density at radius 1 is 1.15 bits per heavy atom. The maximum Gasteiger partial charge on any atom is 0.251 e. The number of benzene rings is 1. The Balaban J connectivity index is 1.37. The fraction of sp³-hybridized carbons (Fsp3) is 0.600. The van der Waals surface area contributed by atoms with Crippen LogP contribution in [-0.2, 0) is 4.79 Å². The van der Waals surface area contributed by atoms with Gasteiger partial charge in [0.15, 0.2) is 0 Å². The lowest BCUT2D eigenvalue weighted by Gasteiger charge is -2.14. The molecule has 0 radical (unpaired) electrons. The number of amides is 2. The summed E-state index contributed by atoms with van der Waals surface area (Å²) < 4.78 is 0. The molecule has 3 rings (SSSR count). The maximum atomic E-state index is 12.2. The fourth-order valence-electron chi connectivity index (χ4n) is 3.66. The average Bonchev–Trinajstić information content (AvgIpc) is 3.34. The van der Waals surface area contributed by atoms with Crippen molar-refractivity contribution < 1.29 is 9.59 Å². The van der Waals surface area contributed by atoms with Crippen molar-refractivity contribution >= 4 is 17.5 Å². The van der Waals surface area contributed by atoms with Gasteiger partial charge in [0.25, 0.3) is 5.91 Å². The lowest BCUT2D eigenvalue weighted by Crippen LogP contribution is -2.33. The second-order valence-corrected chi connectivity index (χ2v) is 7.33. The standard InChI is InChI=1S/C20H30N4O2/c25-19(8-3-16-9-10-21-15-16)23-18-6-4-17(5-7-18)20(26)22-11-14-24-12-1-2-13-24/h4-7,16,21H,1-3,8-15H2,(H,22,26)(H,23,25). The van der Waals surface area contributed by atoms with Gasteiger partial charge in [-0.3, -0.25) is 9.59 Å². The third kappa shape index (κ3) is 5.81. The third-order valence-electron chi connectivity index (χ3n) is 5.29. The number of carbonyl (C=O) groups excluding carboxylic acids is 2. The second kappa shape index (κ2) is 9.69. The van der Waals surface area contributed by atoms with Crippen molar-refractivity contribution in [1.82, 2.24) is 15.5 Å². The largest absolute Gasteiger partial charge is 0.351 e. The van der Waals surface area contributed by atoms with Gasteiger partial charge >= 0.3 is 0 Å². The van der Waals surface area contributed by atoms with Gasteiger partial charge in [-0.2, -0.15) is 0 Å². The lowest BCUT2D eigenvalue weighted by molar-refractivity contribution is -0.116. The summed E-state index contributed by atoms with van der Waals surface area (Å²) in [5, 5.41) is 9.20. The average molecular weight is 358 g/mol. The molecule has 2 aliphatic heterocycles. The number of carbonyl (C=O) groups is 2. The second-order valence-electron chi connectivity index (χ2n) is 7.33. The minimum Gasteiger partial charge on any atom is -0.351 e. The first-order valence-corrected chi connectivity index (χ1v) is 9.82. The topological polar surface area (TPSA) is 73.5 Å². The minimum absolute atomic E-state index is 0.0414. The SMILES string of the molecule is O=C(CCC1CCNC1)Nc1ccc(C(=O)NCCN2CCCC2)cc1. The van der Waals surface area contributed by atoms with Crippen LogP contribution in [0.5, 0.6) is 0 Å². The van der Waals surface area contributed by atoms with Gasteiger partial charge in [-0.15, -0.1) is 0 Å². The van der Waals surface area contributed by atoms with Crippen molar-refractivity contribution in [2.75, 3.05) is 44.6 Å². The van der Waals surface area contributed by atoms with E-state index in [-0.39, 0.29) is 11.8 Å². The predicted octanol–water partition coefficient (Wildman–Crippen LogP) is 1.84. The normalized spacial score (nSPS) is 20.2. The van der Waals surface area contributed by atoms with Crippen LogP contribution in [0.15, 0.2) is 24.3 Å². The van der Waals surface area contributed by atoms with Gasteiger partial charge < -0.3 is 20.9 Å². The third-order valence-corrected chi connectivity index (χ3v) is 5.29. The first kappa shape index (κ1) is 18.9. The zero-order chi connectivity index (χ0) is 18.2. The summed E-state index contributed by atoms with van der Waals surface area (Å²) in [5.74, 6) is 0.600. The molecule has 26 heavy (non-hydrogen) atoms. The molecular formula is C20H30N4O2. The molecule has 2 fully saturated rings. The highest BCUT2D eigenvalue weighted by molar-refractivity contribution is 5.95.